The molecule has 0 aliphatic carbocycles. The highest BCUT2D eigenvalue weighted by Gasteiger charge is 2.20. The van der Waals surface area contributed by atoms with E-state index in [0.29, 0.717) is 0 Å². The molecule has 0 N–H and O–H groups in total. The number of hydrogen-bond donors (Lipinski definition) is 0. The maximum Gasteiger partial charge on any atom is 0.215 e. The second-order valence-corrected chi connectivity index (χ2v) is 10.3. The average molecular weight is 512 g/mol. The molecular weight excluding hydrogens is 490 g/mol. The number of fused-ring (bicyclic) bond motifs is 11. The topological polar surface area (TPSA) is 43.9 Å². The lowest BCUT2D eigenvalue weighted by Gasteiger charge is -2.13. The lowest BCUT2D eigenvalue weighted by Crippen LogP contribution is -1.94. The van der Waals surface area contributed by atoms with Gasteiger partial charge in [-0.25, -0.2) is 9.97 Å². The molecular formula is C36H21N3O. The largest absolute Gasteiger partial charge is 0.439 e. The molecule has 0 amide bonds. The SMILES string of the molecule is c1cc(-c2ccc3c4ccccc4c4ccccc4c3c2)cc(-n2c3cncnc3c3c4ccccc4oc32)c1. The lowest BCUT2D eigenvalue weighted by atomic mass is 9.92. The Hall–Kier alpha value is -5.48. The molecule has 0 aliphatic rings. The van der Waals surface area contributed by atoms with Crippen LogP contribution in [0.2, 0.25) is 0 Å². The number of benzene rings is 6. The van der Waals surface area contributed by atoms with Crippen LogP contribution in [-0.4, -0.2) is 14.5 Å². The zero-order valence-corrected chi connectivity index (χ0v) is 21.4. The number of para-hydroxylation sites is 1. The molecule has 186 valence electrons. The second kappa shape index (κ2) is 8.01. The minimum absolute atomic E-state index is 0.782. The highest BCUT2D eigenvalue weighted by molar-refractivity contribution is 6.25. The van der Waals surface area contributed by atoms with E-state index in [9.17, 15) is 0 Å². The van der Waals surface area contributed by atoms with Gasteiger partial charge in [-0.1, -0.05) is 91.0 Å². The number of aromatic nitrogens is 3. The molecule has 40 heavy (non-hydrogen) atoms. The molecule has 0 radical (unpaired) electrons. The van der Waals surface area contributed by atoms with Crippen LogP contribution in [0.25, 0.3) is 82.2 Å². The molecule has 3 aromatic heterocycles. The van der Waals surface area contributed by atoms with Gasteiger partial charge in [0.1, 0.15) is 17.4 Å². The van der Waals surface area contributed by atoms with E-state index in [-0.39, 0.29) is 0 Å². The molecule has 0 spiro atoms. The first-order valence-corrected chi connectivity index (χ1v) is 13.4. The molecule has 0 fully saturated rings. The molecule has 0 aliphatic heterocycles. The van der Waals surface area contributed by atoms with Gasteiger partial charge in [0, 0.05) is 11.1 Å². The van der Waals surface area contributed by atoms with E-state index in [0.717, 1.165) is 44.4 Å². The van der Waals surface area contributed by atoms with Crippen LogP contribution in [-0.2, 0) is 0 Å². The Morgan fingerprint density at radius 2 is 1.20 bits per heavy atom. The van der Waals surface area contributed by atoms with E-state index < -0.39 is 0 Å². The Bertz CT molecular complexity index is 2410. The minimum atomic E-state index is 0.782. The molecule has 0 bridgehead atoms. The number of rotatable bonds is 2. The van der Waals surface area contributed by atoms with Crippen molar-refractivity contribution in [3.8, 4) is 16.8 Å². The summed E-state index contributed by atoms with van der Waals surface area (Å²) in [6, 6.07) is 41.0. The van der Waals surface area contributed by atoms with E-state index in [1.54, 1.807) is 6.33 Å². The van der Waals surface area contributed by atoms with Crippen LogP contribution in [0.15, 0.2) is 132 Å². The van der Waals surface area contributed by atoms with Gasteiger partial charge in [-0.3, -0.25) is 4.57 Å². The Balaban J connectivity index is 1.30. The Kier molecular flexibility index (Phi) is 4.30. The molecule has 4 heteroatoms. The summed E-state index contributed by atoms with van der Waals surface area (Å²) in [6.07, 6.45) is 3.47. The van der Waals surface area contributed by atoms with Crippen molar-refractivity contribution in [3.63, 3.8) is 0 Å². The van der Waals surface area contributed by atoms with Crippen LogP contribution < -0.4 is 0 Å². The molecule has 9 rings (SSSR count). The van der Waals surface area contributed by atoms with Crippen LogP contribution in [0.1, 0.15) is 0 Å². The summed E-state index contributed by atoms with van der Waals surface area (Å²) in [5, 5.41) is 9.73. The first-order chi connectivity index (χ1) is 19.8. The van der Waals surface area contributed by atoms with Crippen LogP contribution >= 0.6 is 0 Å². The summed E-state index contributed by atoms with van der Waals surface area (Å²) in [5.74, 6) is 0. The van der Waals surface area contributed by atoms with E-state index in [4.69, 9.17) is 4.42 Å². The molecule has 6 aromatic carbocycles. The van der Waals surface area contributed by atoms with Gasteiger partial charge >= 0.3 is 0 Å². The summed E-state index contributed by atoms with van der Waals surface area (Å²) < 4.78 is 8.55. The molecule has 0 unspecified atom stereocenters. The maximum absolute atomic E-state index is 6.41. The monoisotopic (exact) mass is 511 g/mol. The fourth-order valence-electron chi connectivity index (χ4n) is 6.37. The summed E-state index contributed by atoms with van der Waals surface area (Å²) in [6.45, 7) is 0. The molecule has 0 saturated carbocycles. The highest BCUT2D eigenvalue weighted by Crippen LogP contribution is 2.40. The van der Waals surface area contributed by atoms with Crippen LogP contribution in [0.4, 0.5) is 0 Å². The van der Waals surface area contributed by atoms with Crippen molar-refractivity contribution in [2.75, 3.05) is 0 Å². The van der Waals surface area contributed by atoms with Gasteiger partial charge in [0.25, 0.3) is 0 Å². The molecule has 9 aromatic rings. The molecule has 0 saturated heterocycles. The van der Waals surface area contributed by atoms with E-state index in [2.05, 4.69) is 112 Å². The first-order valence-electron chi connectivity index (χ1n) is 13.4. The van der Waals surface area contributed by atoms with Crippen molar-refractivity contribution in [2.24, 2.45) is 0 Å². The van der Waals surface area contributed by atoms with Gasteiger partial charge < -0.3 is 4.42 Å². The van der Waals surface area contributed by atoms with Crippen LogP contribution in [0.5, 0.6) is 0 Å². The third-order valence-electron chi connectivity index (χ3n) is 8.13. The van der Waals surface area contributed by atoms with E-state index in [1.807, 2.05) is 24.4 Å². The Morgan fingerprint density at radius 3 is 1.98 bits per heavy atom. The van der Waals surface area contributed by atoms with Crippen molar-refractivity contribution in [1.29, 1.82) is 0 Å². The van der Waals surface area contributed by atoms with Crippen molar-refractivity contribution in [2.45, 2.75) is 0 Å². The average Bonchev–Trinajstić information content (AvgIpc) is 3.56. The predicted molar refractivity (Wildman–Crippen MR) is 164 cm³/mol. The number of nitrogens with zero attached hydrogens (tertiary/aromatic N) is 3. The highest BCUT2D eigenvalue weighted by atomic mass is 16.3. The fourth-order valence-corrected chi connectivity index (χ4v) is 6.37. The lowest BCUT2D eigenvalue weighted by molar-refractivity contribution is 0.645. The minimum Gasteiger partial charge on any atom is -0.439 e. The molecule has 0 atom stereocenters. The summed E-state index contributed by atoms with van der Waals surface area (Å²) in [7, 11) is 0. The van der Waals surface area contributed by atoms with Crippen molar-refractivity contribution in [3.05, 3.63) is 128 Å². The first kappa shape index (κ1) is 21.5. The van der Waals surface area contributed by atoms with Gasteiger partial charge in [-0.15, -0.1) is 0 Å². The molecule has 4 nitrogen and oxygen atoms in total. The second-order valence-electron chi connectivity index (χ2n) is 10.3. The maximum atomic E-state index is 6.41. The van der Waals surface area contributed by atoms with Gasteiger partial charge in [0.2, 0.25) is 5.71 Å². The third kappa shape index (κ3) is 2.90. The standard InChI is InChI=1S/C36H21N3O/c1-2-12-27-25(10-1)26-11-3-4-13-28(26)31-19-23(16-17-29(27)31)22-8-7-9-24(18-22)39-32-20-37-21-38-35(32)34-30-14-5-6-15-33(30)40-36(34)39/h1-21H. The quantitative estimate of drug-likeness (QED) is 0.217. The van der Waals surface area contributed by atoms with E-state index >= 15 is 0 Å². The van der Waals surface area contributed by atoms with Crippen LogP contribution in [0.3, 0.4) is 0 Å². The van der Waals surface area contributed by atoms with Crippen molar-refractivity contribution >= 4 is 65.4 Å². The van der Waals surface area contributed by atoms with Gasteiger partial charge in [0.05, 0.1) is 17.1 Å². The van der Waals surface area contributed by atoms with Gasteiger partial charge in [0.15, 0.2) is 0 Å². The smallest absolute Gasteiger partial charge is 0.215 e. The van der Waals surface area contributed by atoms with Gasteiger partial charge in [-0.05, 0) is 67.7 Å². The zero-order chi connectivity index (χ0) is 26.2. The van der Waals surface area contributed by atoms with Gasteiger partial charge in [-0.2, -0.15) is 0 Å². The van der Waals surface area contributed by atoms with Crippen molar-refractivity contribution in [1.82, 2.24) is 14.5 Å². The van der Waals surface area contributed by atoms with Crippen LogP contribution in [0, 0.1) is 0 Å². The van der Waals surface area contributed by atoms with E-state index in [1.165, 1.54) is 37.9 Å². The third-order valence-corrected chi connectivity index (χ3v) is 8.13. The summed E-state index contributed by atoms with van der Waals surface area (Å²) >= 11 is 0. The summed E-state index contributed by atoms with van der Waals surface area (Å²) in [5.41, 5.74) is 6.77. The fraction of sp³-hybridized carbons (Fsp3) is 0. The Morgan fingerprint density at radius 1 is 0.550 bits per heavy atom. The number of hydrogen-bond acceptors (Lipinski definition) is 3. The predicted octanol–water partition coefficient (Wildman–Crippen LogP) is 9.45. The summed E-state index contributed by atoms with van der Waals surface area (Å²) in [4.78, 5) is 9.00. The molecule has 3 heterocycles. The normalized spacial score (nSPS) is 12.0. The number of furan rings is 1. The zero-order valence-electron chi connectivity index (χ0n) is 21.4. The van der Waals surface area contributed by atoms with Crippen molar-refractivity contribution < 1.29 is 4.42 Å². The Labute approximate surface area is 228 Å².